The molecule has 0 aromatic heterocycles. The number of hydrogen-bond donors (Lipinski definition) is 5. The van der Waals surface area contributed by atoms with Crippen LogP contribution >= 0.6 is 0 Å². The van der Waals surface area contributed by atoms with Gasteiger partial charge in [-0.25, -0.2) is 5.48 Å². The van der Waals surface area contributed by atoms with E-state index in [0.717, 1.165) is 19.3 Å². The molecule has 0 radical (unpaired) electrons. The first-order valence-corrected chi connectivity index (χ1v) is 12.4. The SMILES string of the molecule is C[C@@H]1NC(=O)[C@H]2CCCN2C(=O)[C@H](CCCCCC(=O)NO)NC(=O)C2(CCCCC2)NC1=O. The average molecular weight is 480 g/mol. The van der Waals surface area contributed by atoms with Crippen molar-refractivity contribution in [3.63, 3.8) is 0 Å². The van der Waals surface area contributed by atoms with Crippen LogP contribution in [-0.4, -0.2) is 69.9 Å². The van der Waals surface area contributed by atoms with E-state index in [1.807, 2.05) is 0 Å². The first-order valence-electron chi connectivity index (χ1n) is 12.4. The second-order valence-corrected chi connectivity index (χ2v) is 9.71. The van der Waals surface area contributed by atoms with Crippen molar-refractivity contribution in [2.24, 2.45) is 0 Å². The number of amides is 5. The van der Waals surface area contributed by atoms with E-state index in [0.29, 0.717) is 57.9 Å². The van der Waals surface area contributed by atoms with Gasteiger partial charge in [0.2, 0.25) is 29.5 Å². The molecule has 3 aliphatic rings. The Balaban J connectivity index is 1.81. The summed E-state index contributed by atoms with van der Waals surface area (Å²) in [6.07, 6.45) is 6.96. The first kappa shape index (κ1) is 25.9. The highest BCUT2D eigenvalue weighted by atomic mass is 16.5. The highest BCUT2D eigenvalue weighted by molar-refractivity contribution is 5.99. The maximum atomic E-state index is 13.5. The van der Waals surface area contributed by atoms with Crippen molar-refractivity contribution >= 4 is 29.5 Å². The molecule has 5 amide bonds. The first-order chi connectivity index (χ1) is 16.3. The zero-order valence-electron chi connectivity index (χ0n) is 19.9. The van der Waals surface area contributed by atoms with Gasteiger partial charge in [-0.05, 0) is 45.4 Å². The zero-order chi connectivity index (χ0) is 24.7. The van der Waals surface area contributed by atoms with Gasteiger partial charge in [-0.2, -0.15) is 0 Å². The minimum absolute atomic E-state index is 0.170. The van der Waals surface area contributed by atoms with Gasteiger partial charge in [0, 0.05) is 13.0 Å². The summed E-state index contributed by atoms with van der Waals surface area (Å²) >= 11 is 0. The maximum absolute atomic E-state index is 13.5. The van der Waals surface area contributed by atoms with Crippen molar-refractivity contribution in [3.8, 4) is 0 Å². The van der Waals surface area contributed by atoms with Gasteiger partial charge in [0.05, 0.1) is 0 Å². The Morgan fingerprint density at radius 3 is 2.47 bits per heavy atom. The van der Waals surface area contributed by atoms with Crippen LogP contribution in [0.1, 0.15) is 84.0 Å². The number of unbranched alkanes of at least 4 members (excludes halogenated alkanes) is 2. The van der Waals surface area contributed by atoms with E-state index in [9.17, 15) is 24.0 Å². The third kappa shape index (κ3) is 6.05. The second-order valence-electron chi connectivity index (χ2n) is 9.71. The molecule has 0 unspecified atom stereocenters. The van der Waals surface area contributed by atoms with Gasteiger partial charge >= 0.3 is 0 Å². The molecule has 2 heterocycles. The van der Waals surface area contributed by atoms with Gasteiger partial charge in [0.15, 0.2) is 0 Å². The van der Waals surface area contributed by atoms with Crippen molar-refractivity contribution in [3.05, 3.63) is 0 Å². The maximum Gasteiger partial charge on any atom is 0.246 e. The molecule has 3 fully saturated rings. The summed E-state index contributed by atoms with van der Waals surface area (Å²) < 4.78 is 0. The van der Waals surface area contributed by atoms with Gasteiger partial charge in [0.1, 0.15) is 23.7 Å². The predicted molar refractivity (Wildman–Crippen MR) is 121 cm³/mol. The second kappa shape index (κ2) is 11.6. The summed E-state index contributed by atoms with van der Waals surface area (Å²) in [5.41, 5.74) is 0.496. The van der Waals surface area contributed by atoms with E-state index >= 15 is 0 Å². The summed E-state index contributed by atoms with van der Waals surface area (Å²) in [5.74, 6) is -1.86. The van der Waals surface area contributed by atoms with Gasteiger partial charge < -0.3 is 20.9 Å². The van der Waals surface area contributed by atoms with Crippen molar-refractivity contribution in [2.75, 3.05) is 6.54 Å². The van der Waals surface area contributed by atoms with Crippen molar-refractivity contribution < 1.29 is 29.2 Å². The largest absolute Gasteiger partial charge is 0.343 e. The summed E-state index contributed by atoms with van der Waals surface area (Å²) in [5, 5.41) is 17.2. The molecular formula is C23H37N5O6. The fourth-order valence-electron chi connectivity index (χ4n) is 5.21. The molecule has 3 atom stereocenters. The van der Waals surface area contributed by atoms with Crippen molar-refractivity contribution in [1.82, 2.24) is 26.3 Å². The third-order valence-electron chi connectivity index (χ3n) is 7.22. The van der Waals surface area contributed by atoms with Crippen molar-refractivity contribution in [1.29, 1.82) is 0 Å². The summed E-state index contributed by atoms with van der Waals surface area (Å²) in [7, 11) is 0. The zero-order valence-corrected chi connectivity index (χ0v) is 19.9. The number of carbonyl (C=O) groups is 5. The van der Waals surface area contributed by atoms with Crippen LogP contribution in [0.3, 0.4) is 0 Å². The topological polar surface area (TPSA) is 157 Å². The Morgan fingerprint density at radius 2 is 1.76 bits per heavy atom. The molecular weight excluding hydrogens is 442 g/mol. The smallest absolute Gasteiger partial charge is 0.246 e. The fraction of sp³-hybridized carbons (Fsp3) is 0.783. The molecule has 0 aromatic carbocycles. The number of hydrogen-bond acceptors (Lipinski definition) is 6. The quantitative estimate of drug-likeness (QED) is 0.209. The number of fused-ring (bicyclic) bond motifs is 1. The molecule has 11 heteroatoms. The van der Waals surface area contributed by atoms with E-state index < -0.39 is 35.5 Å². The molecule has 190 valence electrons. The van der Waals surface area contributed by atoms with Gasteiger partial charge in [-0.3, -0.25) is 29.2 Å². The number of carbonyl (C=O) groups excluding carboxylic acids is 5. The number of hydroxylamine groups is 1. The Bertz CT molecular complexity index is 797. The monoisotopic (exact) mass is 479 g/mol. The molecule has 0 aromatic rings. The van der Waals surface area contributed by atoms with E-state index in [2.05, 4.69) is 16.0 Å². The lowest BCUT2D eigenvalue weighted by Crippen LogP contribution is -2.66. The molecule has 11 nitrogen and oxygen atoms in total. The van der Waals surface area contributed by atoms with Crippen LogP contribution < -0.4 is 21.4 Å². The Hall–Kier alpha value is -2.69. The summed E-state index contributed by atoms with van der Waals surface area (Å²) in [6, 6.07) is -2.30. The Labute approximate surface area is 199 Å². The Kier molecular flexibility index (Phi) is 8.87. The minimum Gasteiger partial charge on any atom is -0.343 e. The molecule has 5 N–H and O–H groups in total. The Morgan fingerprint density at radius 1 is 1.03 bits per heavy atom. The molecule has 3 rings (SSSR count). The molecule has 2 aliphatic heterocycles. The van der Waals surface area contributed by atoms with E-state index in [-0.39, 0.29) is 24.1 Å². The molecule has 0 bridgehead atoms. The highest BCUT2D eigenvalue weighted by Gasteiger charge is 2.45. The van der Waals surface area contributed by atoms with Crippen LogP contribution in [0.4, 0.5) is 0 Å². The molecule has 1 aliphatic carbocycles. The summed E-state index contributed by atoms with van der Waals surface area (Å²) in [6.45, 7) is 2.01. The average Bonchev–Trinajstić information content (AvgIpc) is 3.32. The predicted octanol–water partition coefficient (Wildman–Crippen LogP) is 0.256. The van der Waals surface area contributed by atoms with Gasteiger partial charge in [-0.15, -0.1) is 0 Å². The molecule has 1 saturated carbocycles. The van der Waals surface area contributed by atoms with Gasteiger partial charge in [0.25, 0.3) is 0 Å². The molecule has 34 heavy (non-hydrogen) atoms. The normalized spacial score (nSPS) is 27.7. The van der Waals surface area contributed by atoms with E-state index in [1.165, 1.54) is 4.90 Å². The van der Waals surface area contributed by atoms with Crippen LogP contribution in [0.2, 0.25) is 0 Å². The molecule has 2 saturated heterocycles. The van der Waals surface area contributed by atoms with Gasteiger partial charge in [-0.1, -0.05) is 32.1 Å². The number of rotatable bonds is 6. The third-order valence-corrected chi connectivity index (χ3v) is 7.22. The lowest BCUT2D eigenvalue weighted by molar-refractivity contribution is -0.145. The fourth-order valence-corrected chi connectivity index (χ4v) is 5.21. The van der Waals surface area contributed by atoms with Crippen LogP contribution in [-0.2, 0) is 24.0 Å². The van der Waals surface area contributed by atoms with Crippen LogP contribution in [0.25, 0.3) is 0 Å². The number of nitrogens with one attached hydrogen (secondary N) is 4. The standard InChI is InChI=1S/C23H37N5O6/c1-15-19(30)26-23(12-6-3-7-13-23)22(33)25-16(9-4-2-5-11-18(29)27-34)21(32)28-14-8-10-17(28)20(31)24-15/h15-17,34H,2-14H2,1H3,(H,24,31)(H,25,33)(H,26,30)(H,27,29)/t15-,16-,17+/m0/s1. The highest BCUT2D eigenvalue weighted by Crippen LogP contribution is 2.30. The van der Waals surface area contributed by atoms with Crippen LogP contribution in [0, 0.1) is 0 Å². The van der Waals surface area contributed by atoms with E-state index in [1.54, 1.807) is 12.4 Å². The lowest BCUT2D eigenvalue weighted by Gasteiger charge is -2.39. The number of nitrogens with zero attached hydrogens (tertiary/aromatic N) is 1. The van der Waals surface area contributed by atoms with Crippen LogP contribution in [0.15, 0.2) is 0 Å². The van der Waals surface area contributed by atoms with Crippen LogP contribution in [0.5, 0.6) is 0 Å². The molecule has 1 spiro atoms. The van der Waals surface area contributed by atoms with Crippen molar-refractivity contribution in [2.45, 2.75) is 108 Å². The van der Waals surface area contributed by atoms with E-state index in [4.69, 9.17) is 5.21 Å². The summed E-state index contributed by atoms with van der Waals surface area (Å²) in [4.78, 5) is 65.6. The lowest BCUT2D eigenvalue weighted by atomic mass is 9.80. The minimum atomic E-state index is -1.10.